The number of aryl methyl sites for hydroxylation is 1. The zero-order valence-corrected chi connectivity index (χ0v) is 15.5. The third kappa shape index (κ3) is 4.07. The van der Waals surface area contributed by atoms with Crippen LogP contribution in [0.3, 0.4) is 0 Å². The van der Waals surface area contributed by atoms with Gasteiger partial charge in [-0.1, -0.05) is 12.1 Å². The molecule has 4 nitrogen and oxygen atoms in total. The summed E-state index contributed by atoms with van der Waals surface area (Å²) in [6, 6.07) is 6.47. The molecule has 1 aliphatic heterocycles. The summed E-state index contributed by atoms with van der Waals surface area (Å²) >= 11 is 1.44. The van der Waals surface area contributed by atoms with Crippen LogP contribution in [0.25, 0.3) is 0 Å². The Bertz CT molecular complexity index is 742. The minimum atomic E-state index is -0.248. The molecule has 1 saturated heterocycles. The largest absolute Gasteiger partial charge is 0.333 e. The lowest BCUT2D eigenvalue weighted by molar-refractivity contribution is 0.0588. The maximum atomic E-state index is 13.0. The number of hydrogen-bond acceptors (Lipinski definition) is 4. The summed E-state index contributed by atoms with van der Waals surface area (Å²) in [6.45, 7) is 4.61. The molecule has 3 rings (SSSR count). The van der Waals surface area contributed by atoms with Crippen molar-refractivity contribution in [2.75, 3.05) is 6.54 Å². The highest BCUT2D eigenvalue weighted by molar-refractivity contribution is 7.13. The summed E-state index contributed by atoms with van der Waals surface area (Å²) in [5.41, 5.74) is 7.85. The summed E-state index contributed by atoms with van der Waals surface area (Å²) < 4.78 is 13.0. The molecule has 1 fully saturated rings. The molecule has 2 unspecified atom stereocenters. The minimum Gasteiger partial charge on any atom is -0.333 e. The van der Waals surface area contributed by atoms with Gasteiger partial charge in [0, 0.05) is 25.0 Å². The lowest BCUT2D eigenvalue weighted by Crippen LogP contribution is -2.51. The number of aromatic nitrogens is 1. The first-order chi connectivity index (χ1) is 12.0. The van der Waals surface area contributed by atoms with Crippen molar-refractivity contribution < 1.29 is 9.18 Å². The number of amides is 1. The second kappa shape index (κ2) is 7.62. The Morgan fingerprint density at radius 1 is 1.40 bits per heavy atom. The van der Waals surface area contributed by atoms with E-state index in [0.717, 1.165) is 42.1 Å². The fourth-order valence-electron chi connectivity index (χ4n) is 3.39. The Morgan fingerprint density at radius 2 is 2.12 bits per heavy atom. The van der Waals surface area contributed by atoms with Gasteiger partial charge in [-0.05, 0) is 50.8 Å². The van der Waals surface area contributed by atoms with Gasteiger partial charge in [0.25, 0.3) is 5.91 Å². The average Bonchev–Trinajstić information content (AvgIpc) is 2.96. The lowest BCUT2D eigenvalue weighted by Gasteiger charge is -2.37. The van der Waals surface area contributed by atoms with E-state index in [-0.39, 0.29) is 23.8 Å². The molecular formula is C19H24FN3OS. The van der Waals surface area contributed by atoms with Crippen molar-refractivity contribution in [3.63, 3.8) is 0 Å². The van der Waals surface area contributed by atoms with Crippen LogP contribution in [0, 0.1) is 12.7 Å². The van der Waals surface area contributed by atoms with Crippen LogP contribution in [0.2, 0.25) is 0 Å². The molecule has 0 spiro atoms. The number of piperidine rings is 1. The molecule has 134 valence electrons. The highest BCUT2D eigenvalue weighted by atomic mass is 32.1. The van der Waals surface area contributed by atoms with Gasteiger partial charge >= 0.3 is 0 Å². The van der Waals surface area contributed by atoms with Gasteiger partial charge in [-0.25, -0.2) is 9.37 Å². The number of carbonyl (C=O) groups excluding carboxylic acids is 1. The Hall–Kier alpha value is -1.79. The van der Waals surface area contributed by atoms with E-state index in [9.17, 15) is 9.18 Å². The van der Waals surface area contributed by atoms with Gasteiger partial charge < -0.3 is 10.6 Å². The molecule has 1 aromatic heterocycles. The molecule has 2 atom stereocenters. The molecule has 2 heterocycles. The molecule has 1 aliphatic rings. The predicted octanol–water partition coefficient (Wildman–Crippen LogP) is 3.52. The maximum absolute atomic E-state index is 13.0. The lowest BCUT2D eigenvalue weighted by atomic mass is 9.96. The van der Waals surface area contributed by atoms with Gasteiger partial charge in [0.2, 0.25) is 0 Å². The first-order valence-corrected chi connectivity index (χ1v) is 9.54. The number of rotatable bonds is 4. The number of hydrogen-bond donors (Lipinski definition) is 1. The number of likely N-dealkylation sites (tertiary alicyclic amines) is 1. The SMILES string of the molecule is Cc1nc(Cc2ccc(F)cc2)sc1C(=O)N1CCCCC1C(C)N. The van der Waals surface area contributed by atoms with Crippen LogP contribution in [0.4, 0.5) is 4.39 Å². The van der Waals surface area contributed by atoms with Gasteiger partial charge in [-0.15, -0.1) is 11.3 Å². The smallest absolute Gasteiger partial charge is 0.266 e. The quantitative estimate of drug-likeness (QED) is 0.906. The molecule has 6 heteroatoms. The summed E-state index contributed by atoms with van der Waals surface area (Å²) in [5.74, 6) is -0.204. The number of halogens is 1. The Kier molecular flexibility index (Phi) is 5.49. The highest BCUT2D eigenvalue weighted by Crippen LogP contribution is 2.27. The van der Waals surface area contributed by atoms with E-state index in [4.69, 9.17) is 5.73 Å². The van der Waals surface area contributed by atoms with Crippen LogP contribution in [0.5, 0.6) is 0 Å². The van der Waals surface area contributed by atoms with Gasteiger partial charge in [-0.3, -0.25) is 4.79 Å². The van der Waals surface area contributed by atoms with Crippen molar-refractivity contribution in [2.45, 2.75) is 51.6 Å². The molecule has 25 heavy (non-hydrogen) atoms. The topological polar surface area (TPSA) is 59.2 Å². The third-order valence-electron chi connectivity index (χ3n) is 4.72. The van der Waals surface area contributed by atoms with E-state index in [2.05, 4.69) is 4.98 Å². The predicted molar refractivity (Wildman–Crippen MR) is 98.4 cm³/mol. The van der Waals surface area contributed by atoms with Gasteiger partial charge in [0.05, 0.1) is 10.7 Å². The first kappa shape index (κ1) is 18.0. The molecule has 0 radical (unpaired) electrons. The van der Waals surface area contributed by atoms with Crippen molar-refractivity contribution in [2.24, 2.45) is 5.73 Å². The van der Waals surface area contributed by atoms with E-state index in [0.29, 0.717) is 11.3 Å². The van der Waals surface area contributed by atoms with E-state index < -0.39 is 0 Å². The average molecular weight is 361 g/mol. The molecule has 1 amide bonds. The second-order valence-corrected chi connectivity index (χ2v) is 7.83. The van der Waals surface area contributed by atoms with Crippen molar-refractivity contribution in [1.82, 2.24) is 9.88 Å². The number of carbonyl (C=O) groups is 1. The summed E-state index contributed by atoms with van der Waals surface area (Å²) in [7, 11) is 0. The van der Waals surface area contributed by atoms with E-state index in [1.54, 1.807) is 12.1 Å². The molecule has 0 saturated carbocycles. The minimum absolute atomic E-state index is 0.0313. The normalized spacial score (nSPS) is 19.0. The zero-order chi connectivity index (χ0) is 18.0. The maximum Gasteiger partial charge on any atom is 0.266 e. The van der Waals surface area contributed by atoms with Crippen molar-refractivity contribution >= 4 is 17.2 Å². The molecule has 0 aliphatic carbocycles. The van der Waals surface area contributed by atoms with Crippen LogP contribution in [-0.4, -0.2) is 34.4 Å². The Balaban J connectivity index is 1.79. The van der Waals surface area contributed by atoms with E-state index >= 15 is 0 Å². The highest BCUT2D eigenvalue weighted by Gasteiger charge is 2.31. The van der Waals surface area contributed by atoms with Crippen LogP contribution in [0.1, 0.15) is 52.1 Å². The van der Waals surface area contributed by atoms with Gasteiger partial charge in [-0.2, -0.15) is 0 Å². The summed E-state index contributed by atoms with van der Waals surface area (Å²) in [4.78, 5) is 20.2. The number of thiazole rings is 1. The van der Waals surface area contributed by atoms with Crippen LogP contribution in [0.15, 0.2) is 24.3 Å². The number of nitrogens with two attached hydrogens (primary N) is 1. The third-order valence-corrected chi connectivity index (χ3v) is 5.87. The molecular weight excluding hydrogens is 337 g/mol. The number of benzene rings is 1. The molecule has 1 aromatic carbocycles. The summed E-state index contributed by atoms with van der Waals surface area (Å²) in [6.07, 6.45) is 3.71. The Labute approximate surface area is 151 Å². The first-order valence-electron chi connectivity index (χ1n) is 8.73. The van der Waals surface area contributed by atoms with Crippen LogP contribution >= 0.6 is 11.3 Å². The fourth-order valence-corrected chi connectivity index (χ4v) is 4.44. The monoisotopic (exact) mass is 361 g/mol. The fraction of sp³-hybridized carbons (Fsp3) is 0.474. The van der Waals surface area contributed by atoms with Crippen LogP contribution < -0.4 is 5.73 Å². The standard InChI is InChI=1S/C19H24FN3OS/c1-12(21)16-5-3-4-10-23(16)19(24)18-13(2)22-17(25-18)11-14-6-8-15(20)9-7-14/h6-9,12,16H,3-5,10-11,21H2,1-2H3. The van der Waals surface area contributed by atoms with Gasteiger partial charge in [0.15, 0.2) is 0 Å². The van der Waals surface area contributed by atoms with E-state index in [1.807, 2.05) is 18.7 Å². The number of nitrogens with zero attached hydrogens (tertiary/aromatic N) is 2. The van der Waals surface area contributed by atoms with Crippen molar-refractivity contribution in [1.29, 1.82) is 0 Å². The van der Waals surface area contributed by atoms with Crippen LogP contribution in [-0.2, 0) is 6.42 Å². The van der Waals surface area contributed by atoms with Gasteiger partial charge in [0.1, 0.15) is 10.7 Å². The summed E-state index contributed by atoms with van der Waals surface area (Å²) in [5, 5.41) is 0.877. The molecule has 2 N–H and O–H groups in total. The molecule has 0 bridgehead atoms. The van der Waals surface area contributed by atoms with E-state index in [1.165, 1.54) is 23.5 Å². The second-order valence-electron chi connectivity index (χ2n) is 6.75. The molecule has 2 aromatic rings. The van der Waals surface area contributed by atoms with Crippen molar-refractivity contribution in [3.8, 4) is 0 Å². The van der Waals surface area contributed by atoms with Crippen molar-refractivity contribution in [3.05, 3.63) is 51.2 Å². The Morgan fingerprint density at radius 3 is 2.80 bits per heavy atom. The zero-order valence-electron chi connectivity index (χ0n) is 14.7.